The molecule has 3 atom stereocenters. The van der Waals surface area contributed by atoms with Gasteiger partial charge in [-0.1, -0.05) is 6.08 Å². The molecule has 0 aromatic carbocycles. The van der Waals surface area contributed by atoms with Crippen molar-refractivity contribution in [2.45, 2.75) is 12.8 Å². The van der Waals surface area contributed by atoms with Gasteiger partial charge in [-0.3, -0.25) is 4.79 Å². The third-order valence-electron chi connectivity index (χ3n) is 2.77. The van der Waals surface area contributed by atoms with Crippen molar-refractivity contribution in [3.05, 3.63) is 11.8 Å². The molecule has 0 aromatic rings. The van der Waals surface area contributed by atoms with Crippen molar-refractivity contribution in [3.63, 3.8) is 0 Å². The van der Waals surface area contributed by atoms with Gasteiger partial charge in [-0.2, -0.15) is 0 Å². The fourth-order valence-electron chi connectivity index (χ4n) is 2.25. The molecule has 0 saturated heterocycles. The van der Waals surface area contributed by atoms with E-state index in [4.69, 9.17) is 10.8 Å². The van der Waals surface area contributed by atoms with Crippen molar-refractivity contribution in [2.75, 3.05) is 0 Å². The second kappa shape index (κ2) is 2.00. The lowest BCUT2D eigenvalue weighted by Gasteiger charge is -2.16. The summed E-state index contributed by atoms with van der Waals surface area (Å²) < 4.78 is 0. The minimum Gasteiger partial charge on any atom is -0.481 e. The van der Waals surface area contributed by atoms with Gasteiger partial charge in [0.2, 0.25) is 0 Å². The number of hydrogen-bond donors (Lipinski definition) is 2. The molecule has 2 aliphatic rings. The van der Waals surface area contributed by atoms with Crippen LogP contribution in [-0.4, -0.2) is 11.1 Å². The van der Waals surface area contributed by atoms with Gasteiger partial charge in [0.15, 0.2) is 0 Å². The molecule has 0 aromatic heterocycles. The SMILES string of the molecule is NC1=CC2CC(C(=O)O)C1C2. The smallest absolute Gasteiger partial charge is 0.307 e. The van der Waals surface area contributed by atoms with Crippen molar-refractivity contribution in [1.29, 1.82) is 0 Å². The number of allylic oxidation sites excluding steroid dienone is 2. The molecule has 3 nitrogen and oxygen atoms in total. The number of carboxylic acids is 1. The molecule has 3 unspecified atom stereocenters. The first-order chi connectivity index (χ1) is 5.18. The highest BCUT2D eigenvalue weighted by Gasteiger charge is 2.43. The molecule has 2 bridgehead atoms. The molecule has 60 valence electrons. The van der Waals surface area contributed by atoms with Crippen LogP contribution in [0.4, 0.5) is 0 Å². The lowest BCUT2D eigenvalue weighted by molar-refractivity contribution is -0.142. The number of carbonyl (C=O) groups is 1. The summed E-state index contributed by atoms with van der Waals surface area (Å²) in [5.41, 5.74) is 6.45. The molecule has 0 amide bonds. The number of nitrogens with two attached hydrogens (primary N) is 1. The summed E-state index contributed by atoms with van der Waals surface area (Å²) in [5, 5.41) is 8.77. The summed E-state index contributed by atoms with van der Waals surface area (Å²) in [4.78, 5) is 10.7. The standard InChI is InChI=1S/C8H11NO2/c9-7-3-4-1-5(7)6(2-4)8(10)11/h3-6H,1-2,9H2,(H,10,11). The van der Waals surface area contributed by atoms with E-state index in [1.165, 1.54) is 0 Å². The van der Waals surface area contributed by atoms with Gasteiger partial charge in [-0.05, 0) is 18.8 Å². The van der Waals surface area contributed by atoms with Crippen molar-refractivity contribution < 1.29 is 9.90 Å². The summed E-state index contributed by atoms with van der Waals surface area (Å²) in [5.74, 6) is -0.308. The van der Waals surface area contributed by atoms with E-state index in [1.54, 1.807) is 0 Å². The molecule has 1 saturated carbocycles. The summed E-state index contributed by atoms with van der Waals surface area (Å²) in [6.45, 7) is 0. The van der Waals surface area contributed by atoms with Gasteiger partial charge >= 0.3 is 5.97 Å². The van der Waals surface area contributed by atoms with E-state index in [1.807, 2.05) is 6.08 Å². The van der Waals surface area contributed by atoms with Crippen LogP contribution in [0.1, 0.15) is 12.8 Å². The maximum atomic E-state index is 10.7. The summed E-state index contributed by atoms with van der Waals surface area (Å²) in [6, 6.07) is 0. The number of hydrogen-bond acceptors (Lipinski definition) is 2. The highest BCUT2D eigenvalue weighted by molar-refractivity contribution is 5.72. The van der Waals surface area contributed by atoms with Crippen LogP contribution in [0.25, 0.3) is 0 Å². The summed E-state index contributed by atoms with van der Waals surface area (Å²) >= 11 is 0. The fourth-order valence-corrected chi connectivity index (χ4v) is 2.25. The van der Waals surface area contributed by atoms with Crippen LogP contribution < -0.4 is 5.73 Å². The quantitative estimate of drug-likeness (QED) is 0.578. The lowest BCUT2D eigenvalue weighted by atomic mass is 9.91. The molecular weight excluding hydrogens is 142 g/mol. The zero-order valence-electron chi connectivity index (χ0n) is 6.16. The van der Waals surface area contributed by atoms with Crippen molar-refractivity contribution in [1.82, 2.24) is 0 Å². The first-order valence-corrected chi connectivity index (χ1v) is 3.88. The Labute approximate surface area is 64.9 Å². The van der Waals surface area contributed by atoms with Crippen LogP contribution in [0, 0.1) is 17.8 Å². The number of carboxylic acid groups (broad SMARTS) is 1. The third kappa shape index (κ3) is 0.836. The van der Waals surface area contributed by atoms with Crippen LogP contribution in [0.2, 0.25) is 0 Å². The lowest BCUT2D eigenvalue weighted by Crippen LogP contribution is -2.24. The molecule has 1 fully saturated rings. The Bertz CT molecular complexity index is 234. The Kier molecular flexibility index (Phi) is 1.22. The first kappa shape index (κ1) is 6.70. The summed E-state index contributed by atoms with van der Waals surface area (Å²) in [7, 11) is 0. The number of rotatable bonds is 1. The maximum Gasteiger partial charge on any atom is 0.307 e. The minimum atomic E-state index is -0.687. The monoisotopic (exact) mass is 153 g/mol. The highest BCUT2D eigenvalue weighted by atomic mass is 16.4. The Morgan fingerprint density at radius 3 is 2.73 bits per heavy atom. The van der Waals surface area contributed by atoms with Gasteiger partial charge in [0.1, 0.15) is 0 Å². The van der Waals surface area contributed by atoms with Crippen molar-refractivity contribution in [2.24, 2.45) is 23.5 Å². The molecule has 3 heteroatoms. The van der Waals surface area contributed by atoms with E-state index < -0.39 is 5.97 Å². The molecule has 3 N–H and O–H groups in total. The molecule has 0 aliphatic heterocycles. The van der Waals surface area contributed by atoms with Gasteiger partial charge in [0.05, 0.1) is 5.92 Å². The Hall–Kier alpha value is -0.990. The van der Waals surface area contributed by atoms with E-state index in [-0.39, 0.29) is 11.8 Å². The van der Waals surface area contributed by atoms with Crippen molar-refractivity contribution >= 4 is 5.97 Å². The minimum absolute atomic E-state index is 0.137. The topological polar surface area (TPSA) is 63.3 Å². The first-order valence-electron chi connectivity index (χ1n) is 3.88. The Morgan fingerprint density at radius 2 is 2.36 bits per heavy atom. The van der Waals surface area contributed by atoms with E-state index >= 15 is 0 Å². The van der Waals surface area contributed by atoms with E-state index in [9.17, 15) is 4.79 Å². The van der Waals surface area contributed by atoms with E-state index in [2.05, 4.69) is 0 Å². The predicted octanol–water partition coefficient (Wildman–Crippen LogP) is 0.570. The van der Waals surface area contributed by atoms with Crippen LogP contribution in [0.5, 0.6) is 0 Å². The second-order valence-corrected chi connectivity index (χ2v) is 3.45. The maximum absolute atomic E-state index is 10.7. The molecule has 11 heavy (non-hydrogen) atoms. The third-order valence-corrected chi connectivity index (χ3v) is 2.77. The molecule has 0 radical (unpaired) electrons. The summed E-state index contributed by atoms with van der Waals surface area (Å²) in [6.07, 6.45) is 3.77. The van der Waals surface area contributed by atoms with Crippen LogP contribution in [0.15, 0.2) is 11.8 Å². The molecule has 2 rings (SSSR count). The molecular formula is C8H11NO2. The number of fused-ring (bicyclic) bond motifs is 2. The van der Waals surface area contributed by atoms with Crippen LogP contribution in [0.3, 0.4) is 0 Å². The van der Waals surface area contributed by atoms with Crippen LogP contribution in [-0.2, 0) is 4.79 Å². The van der Waals surface area contributed by atoms with Gasteiger partial charge < -0.3 is 10.8 Å². The zero-order chi connectivity index (χ0) is 8.01. The zero-order valence-corrected chi connectivity index (χ0v) is 6.16. The average molecular weight is 153 g/mol. The second-order valence-electron chi connectivity index (χ2n) is 3.45. The fraction of sp³-hybridized carbons (Fsp3) is 0.625. The molecule has 0 spiro atoms. The van der Waals surface area contributed by atoms with Gasteiger partial charge in [0, 0.05) is 11.6 Å². The normalized spacial score (nSPS) is 40.7. The van der Waals surface area contributed by atoms with E-state index in [0.29, 0.717) is 5.92 Å². The van der Waals surface area contributed by atoms with E-state index in [0.717, 1.165) is 18.5 Å². The number of aliphatic carboxylic acids is 1. The Balaban J connectivity index is 2.21. The highest BCUT2D eigenvalue weighted by Crippen LogP contribution is 2.45. The largest absolute Gasteiger partial charge is 0.481 e. The Morgan fingerprint density at radius 1 is 1.64 bits per heavy atom. The van der Waals surface area contributed by atoms with Gasteiger partial charge in [-0.15, -0.1) is 0 Å². The predicted molar refractivity (Wildman–Crippen MR) is 39.6 cm³/mol. The van der Waals surface area contributed by atoms with Gasteiger partial charge in [0.25, 0.3) is 0 Å². The molecule has 2 aliphatic carbocycles. The van der Waals surface area contributed by atoms with Crippen LogP contribution >= 0.6 is 0 Å². The van der Waals surface area contributed by atoms with Crippen molar-refractivity contribution in [3.8, 4) is 0 Å². The van der Waals surface area contributed by atoms with Gasteiger partial charge in [-0.25, -0.2) is 0 Å². The average Bonchev–Trinajstić information content (AvgIpc) is 2.43. The molecule has 0 heterocycles.